The molecule has 6 heteroatoms. The van der Waals surface area contributed by atoms with Gasteiger partial charge in [0.15, 0.2) is 5.82 Å². The quantitative estimate of drug-likeness (QED) is 0.924. The van der Waals surface area contributed by atoms with Gasteiger partial charge >= 0.3 is 5.97 Å². The topological polar surface area (TPSA) is 68.0 Å². The van der Waals surface area contributed by atoms with Crippen molar-refractivity contribution in [3.63, 3.8) is 0 Å². The number of aromatic carboxylic acids is 1. The van der Waals surface area contributed by atoms with E-state index in [9.17, 15) is 4.79 Å². The van der Waals surface area contributed by atoms with Crippen LogP contribution in [0.5, 0.6) is 0 Å². The largest absolute Gasteiger partial charge is 0.478 e. The molecule has 0 atom stereocenters. The molecule has 1 aliphatic carbocycles. The molecule has 1 N–H and O–H groups in total. The zero-order chi connectivity index (χ0) is 12.7. The summed E-state index contributed by atoms with van der Waals surface area (Å²) in [6.45, 7) is 0. The van der Waals surface area contributed by atoms with Crippen LogP contribution in [0.15, 0.2) is 24.5 Å². The predicted octanol–water partition coefficient (Wildman–Crippen LogP) is 2.50. The number of pyridine rings is 1. The first-order valence-corrected chi connectivity index (χ1v) is 5.98. The highest BCUT2D eigenvalue weighted by atomic mass is 35.5. The molecule has 2 heterocycles. The third-order valence-corrected chi connectivity index (χ3v) is 3.21. The standard InChI is InChI=1S/C12H10ClN3O2/c13-9-6-14-11(5-8(9)12(17)18)16-4-3-10(15-16)7-1-2-7/h3-7H,1-2H2,(H,17,18). The fourth-order valence-electron chi connectivity index (χ4n) is 1.78. The fourth-order valence-corrected chi connectivity index (χ4v) is 1.96. The summed E-state index contributed by atoms with van der Waals surface area (Å²) < 4.78 is 1.58. The van der Waals surface area contributed by atoms with Gasteiger partial charge in [0.05, 0.1) is 16.3 Å². The molecule has 18 heavy (non-hydrogen) atoms. The highest BCUT2D eigenvalue weighted by molar-refractivity contribution is 6.33. The number of hydrogen-bond donors (Lipinski definition) is 1. The molecule has 0 amide bonds. The van der Waals surface area contributed by atoms with Gasteiger partial charge in [0, 0.05) is 18.3 Å². The van der Waals surface area contributed by atoms with Gasteiger partial charge in [-0.1, -0.05) is 11.6 Å². The minimum Gasteiger partial charge on any atom is -0.478 e. The molecule has 0 bridgehead atoms. The van der Waals surface area contributed by atoms with Crippen LogP contribution in [-0.4, -0.2) is 25.8 Å². The summed E-state index contributed by atoms with van der Waals surface area (Å²) in [5.41, 5.74) is 1.06. The zero-order valence-corrected chi connectivity index (χ0v) is 10.1. The Morgan fingerprint density at radius 2 is 2.28 bits per heavy atom. The first-order valence-electron chi connectivity index (χ1n) is 5.60. The van der Waals surface area contributed by atoms with Gasteiger partial charge in [-0.3, -0.25) is 0 Å². The van der Waals surface area contributed by atoms with Gasteiger partial charge in [-0.05, 0) is 25.0 Å². The van der Waals surface area contributed by atoms with Crippen molar-refractivity contribution in [2.75, 3.05) is 0 Å². The van der Waals surface area contributed by atoms with Crippen molar-refractivity contribution in [2.45, 2.75) is 18.8 Å². The highest BCUT2D eigenvalue weighted by Crippen LogP contribution is 2.39. The fraction of sp³-hybridized carbons (Fsp3) is 0.250. The second-order valence-corrected chi connectivity index (χ2v) is 4.69. The van der Waals surface area contributed by atoms with Crippen molar-refractivity contribution >= 4 is 17.6 Å². The van der Waals surface area contributed by atoms with Crippen molar-refractivity contribution in [2.24, 2.45) is 0 Å². The molecule has 1 fully saturated rings. The Labute approximate surface area is 108 Å². The highest BCUT2D eigenvalue weighted by Gasteiger charge is 2.26. The number of aromatic nitrogens is 3. The van der Waals surface area contributed by atoms with E-state index in [1.54, 1.807) is 10.9 Å². The molecule has 3 rings (SSSR count). The number of carbonyl (C=O) groups is 1. The molecule has 2 aromatic rings. The van der Waals surface area contributed by atoms with Gasteiger partial charge in [0.25, 0.3) is 0 Å². The summed E-state index contributed by atoms with van der Waals surface area (Å²) in [7, 11) is 0. The maximum atomic E-state index is 11.0. The average Bonchev–Trinajstić information content (AvgIpc) is 3.08. The molecule has 1 aliphatic rings. The maximum absolute atomic E-state index is 11.0. The SMILES string of the molecule is O=C(O)c1cc(-n2ccc(C3CC3)n2)ncc1Cl. The summed E-state index contributed by atoms with van der Waals surface area (Å²) in [5.74, 6) is -0.0561. The van der Waals surface area contributed by atoms with E-state index >= 15 is 0 Å². The lowest BCUT2D eigenvalue weighted by atomic mass is 10.2. The van der Waals surface area contributed by atoms with Crippen molar-refractivity contribution in [3.8, 4) is 5.82 Å². The monoisotopic (exact) mass is 263 g/mol. The predicted molar refractivity (Wildman–Crippen MR) is 65.3 cm³/mol. The number of carboxylic acids is 1. The van der Waals surface area contributed by atoms with Crippen molar-refractivity contribution < 1.29 is 9.90 Å². The van der Waals surface area contributed by atoms with Gasteiger partial charge in [-0.2, -0.15) is 5.10 Å². The van der Waals surface area contributed by atoms with Gasteiger partial charge in [-0.15, -0.1) is 0 Å². The molecule has 0 radical (unpaired) electrons. The van der Waals surface area contributed by atoms with Crippen molar-refractivity contribution in [1.82, 2.24) is 14.8 Å². The Hall–Kier alpha value is -1.88. The molecular weight excluding hydrogens is 254 g/mol. The van der Waals surface area contributed by atoms with Crippen LogP contribution in [0.4, 0.5) is 0 Å². The third-order valence-electron chi connectivity index (χ3n) is 2.91. The van der Waals surface area contributed by atoms with Crippen LogP contribution in [0.3, 0.4) is 0 Å². The zero-order valence-electron chi connectivity index (χ0n) is 9.38. The van der Waals surface area contributed by atoms with E-state index in [2.05, 4.69) is 10.1 Å². The lowest BCUT2D eigenvalue weighted by Gasteiger charge is -2.03. The molecule has 0 unspecified atom stereocenters. The van der Waals surface area contributed by atoms with E-state index in [-0.39, 0.29) is 10.6 Å². The Morgan fingerprint density at radius 1 is 1.50 bits per heavy atom. The van der Waals surface area contributed by atoms with E-state index in [4.69, 9.17) is 16.7 Å². The smallest absolute Gasteiger partial charge is 0.337 e. The van der Waals surface area contributed by atoms with E-state index < -0.39 is 5.97 Å². The second-order valence-electron chi connectivity index (χ2n) is 4.29. The molecule has 0 spiro atoms. The van der Waals surface area contributed by atoms with Crippen LogP contribution in [0.2, 0.25) is 5.02 Å². The molecule has 2 aromatic heterocycles. The second kappa shape index (κ2) is 4.10. The van der Waals surface area contributed by atoms with Crippen LogP contribution in [0.25, 0.3) is 5.82 Å². The van der Waals surface area contributed by atoms with Crippen LogP contribution >= 0.6 is 11.6 Å². The summed E-state index contributed by atoms with van der Waals surface area (Å²) in [4.78, 5) is 15.1. The third kappa shape index (κ3) is 1.97. The molecule has 0 aromatic carbocycles. The first-order chi connectivity index (χ1) is 8.65. The maximum Gasteiger partial charge on any atom is 0.337 e. The number of halogens is 1. The van der Waals surface area contributed by atoms with Crippen LogP contribution < -0.4 is 0 Å². The van der Waals surface area contributed by atoms with Crippen molar-refractivity contribution in [3.05, 3.63) is 40.8 Å². The molecule has 0 saturated heterocycles. The minimum absolute atomic E-state index is 0.0325. The first kappa shape index (κ1) is 11.2. The van der Waals surface area contributed by atoms with Crippen LogP contribution in [0, 0.1) is 0 Å². The Morgan fingerprint density at radius 3 is 2.94 bits per heavy atom. The van der Waals surface area contributed by atoms with Crippen LogP contribution in [0.1, 0.15) is 34.8 Å². The normalized spacial score (nSPS) is 14.7. The lowest BCUT2D eigenvalue weighted by Crippen LogP contribution is -2.04. The number of carboxylic acid groups (broad SMARTS) is 1. The number of hydrogen-bond acceptors (Lipinski definition) is 3. The van der Waals surface area contributed by atoms with E-state index in [0.717, 1.165) is 5.69 Å². The molecule has 5 nitrogen and oxygen atoms in total. The molecule has 92 valence electrons. The summed E-state index contributed by atoms with van der Waals surface area (Å²) in [6.07, 6.45) is 5.46. The van der Waals surface area contributed by atoms with Crippen LogP contribution in [-0.2, 0) is 0 Å². The summed E-state index contributed by atoms with van der Waals surface area (Å²) in [6, 6.07) is 3.36. The Bertz CT molecular complexity index is 620. The lowest BCUT2D eigenvalue weighted by molar-refractivity contribution is 0.0697. The summed E-state index contributed by atoms with van der Waals surface area (Å²) >= 11 is 5.77. The number of rotatable bonds is 3. The van der Waals surface area contributed by atoms with Gasteiger partial charge < -0.3 is 5.11 Å². The minimum atomic E-state index is -1.07. The van der Waals surface area contributed by atoms with Crippen molar-refractivity contribution in [1.29, 1.82) is 0 Å². The molecular formula is C12H10ClN3O2. The van der Waals surface area contributed by atoms with E-state index in [1.165, 1.54) is 25.1 Å². The van der Waals surface area contributed by atoms with Gasteiger partial charge in [0.2, 0.25) is 0 Å². The average molecular weight is 264 g/mol. The summed E-state index contributed by atoms with van der Waals surface area (Å²) in [5, 5.41) is 13.5. The Kier molecular flexibility index (Phi) is 2.56. The van der Waals surface area contributed by atoms with Gasteiger partial charge in [0.1, 0.15) is 0 Å². The number of nitrogens with zero attached hydrogens (tertiary/aromatic N) is 3. The molecule has 1 saturated carbocycles. The van der Waals surface area contributed by atoms with Gasteiger partial charge in [-0.25, -0.2) is 14.5 Å². The Balaban J connectivity index is 1.99. The van der Waals surface area contributed by atoms with E-state index in [1.807, 2.05) is 6.07 Å². The van der Waals surface area contributed by atoms with E-state index in [0.29, 0.717) is 11.7 Å². The molecule has 0 aliphatic heterocycles.